The van der Waals surface area contributed by atoms with E-state index in [0.29, 0.717) is 12.0 Å². The van der Waals surface area contributed by atoms with Crippen molar-refractivity contribution in [1.29, 1.82) is 0 Å². The first kappa shape index (κ1) is 19.5. The fourth-order valence-corrected chi connectivity index (χ4v) is 3.52. The number of hydrogen-bond donors (Lipinski definition) is 0. The molecule has 0 aliphatic heterocycles. The highest BCUT2D eigenvalue weighted by molar-refractivity contribution is 5.92. The van der Waals surface area contributed by atoms with Crippen LogP contribution in [0, 0.1) is 24.0 Å². The molecule has 8 nitrogen and oxygen atoms in total. The van der Waals surface area contributed by atoms with Crippen LogP contribution in [0.25, 0.3) is 16.6 Å². The number of aromatic nitrogens is 3. The second-order valence-electron chi connectivity index (χ2n) is 7.10. The van der Waals surface area contributed by atoms with E-state index >= 15 is 0 Å². The molecule has 0 radical (unpaired) electrons. The number of nitrogens with zero attached hydrogens (tertiary/aromatic N) is 4. The maximum atomic E-state index is 12.2. The number of carbonyl (C=O) groups excluding carboxylic acids is 1. The first-order valence-corrected chi connectivity index (χ1v) is 9.56. The molecule has 152 valence electrons. The number of nitro groups is 1. The van der Waals surface area contributed by atoms with Crippen molar-refractivity contribution in [3.05, 3.63) is 81.2 Å². The van der Waals surface area contributed by atoms with Gasteiger partial charge in [-0.05, 0) is 55.7 Å². The highest BCUT2D eigenvalue weighted by Crippen LogP contribution is 2.23. The van der Waals surface area contributed by atoms with Crippen LogP contribution in [0.2, 0.25) is 0 Å². The SMILES string of the molecule is Cc1nc2c3ccccc3nn2c(C)c1CCC(=O)OCc1ccc([N+](=O)[O-])cc1. The minimum atomic E-state index is -0.464. The van der Waals surface area contributed by atoms with Crippen LogP contribution in [-0.2, 0) is 22.6 Å². The third-order valence-corrected chi connectivity index (χ3v) is 5.14. The van der Waals surface area contributed by atoms with Crippen LogP contribution in [-0.4, -0.2) is 25.5 Å². The monoisotopic (exact) mass is 404 g/mol. The van der Waals surface area contributed by atoms with Crippen LogP contribution in [0.5, 0.6) is 0 Å². The summed E-state index contributed by atoms with van der Waals surface area (Å²) in [6.45, 7) is 3.99. The summed E-state index contributed by atoms with van der Waals surface area (Å²) in [6, 6.07) is 13.8. The molecule has 0 atom stereocenters. The lowest BCUT2D eigenvalue weighted by atomic mass is 10.1. The van der Waals surface area contributed by atoms with Crippen molar-refractivity contribution in [2.75, 3.05) is 0 Å². The van der Waals surface area contributed by atoms with Crippen LogP contribution in [0.1, 0.15) is 28.9 Å². The number of non-ortho nitro benzene ring substituents is 1. The number of ether oxygens (including phenoxy) is 1. The average Bonchev–Trinajstić information content (AvgIpc) is 3.11. The van der Waals surface area contributed by atoms with E-state index < -0.39 is 4.92 Å². The molecule has 8 heteroatoms. The Bertz CT molecular complexity index is 1260. The Labute approximate surface area is 172 Å². The molecular formula is C22H20N4O4. The van der Waals surface area contributed by atoms with E-state index in [1.54, 1.807) is 12.1 Å². The molecule has 4 aromatic rings. The average molecular weight is 404 g/mol. The van der Waals surface area contributed by atoms with Gasteiger partial charge < -0.3 is 4.74 Å². The molecule has 0 unspecified atom stereocenters. The van der Waals surface area contributed by atoms with Crippen molar-refractivity contribution in [1.82, 2.24) is 14.6 Å². The molecule has 0 N–H and O–H groups in total. The summed E-state index contributed by atoms with van der Waals surface area (Å²) in [5.74, 6) is -0.335. The maximum Gasteiger partial charge on any atom is 0.306 e. The van der Waals surface area contributed by atoms with Gasteiger partial charge in [0.2, 0.25) is 0 Å². The Kier molecular flexibility index (Phi) is 5.14. The maximum absolute atomic E-state index is 12.2. The smallest absolute Gasteiger partial charge is 0.306 e. The van der Waals surface area contributed by atoms with Gasteiger partial charge in [-0.15, -0.1) is 0 Å². The number of benzene rings is 2. The number of carbonyl (C=O) groups is 1. The first-order valence-electron chi connectivity index (χ1n) is 9.56. The van der Waals surface area contributed by atoms with E-state index in [9.17, 15) is 14.9 Å². The standard InChI is InChI=1S/C22H20N4O4/c1-14-18(15(2)25-22(23-14)19-5-3-4-6-20(19)24-25)11-12-21(27)30-13-16-7-9-17(10-8-16)26(28)29/h3-10H,11-13H2,1-2H3. The van der Waals surface area contributed by atoms with Crippen LogP contribution in [0.4, 0.5) is 5.69 Å². The van der Waals surface area contributed by atoms with Gasteiger partial charge in [0.25, 0.3) is 5.69 Å². The Morgan fingerprint density at radius 3 is 2.60 bits per heavy atom. The Hall–Kier alpha value is -3.81. The summed E-state index contributed by atoms with van der Waals surface area (Å²) in [5, 5.41) is 16.3. The Morgan fingerprint density at radius 1 is 1.13 bits per heavy atom. The molecule has 2 aromatic carbocycles. The van der Waals surface area contributed by atoms with Gasteiger partial charge in [-0.1, -0.05) is 12.1 Å². The number of fused-ring (bicyclic) bond motifs is 3. The summed E-state index contributed by atoms with van der Waals surface area (Å²) in [7, 11) is 0. The predicted octanol–water partition coefficient (Wildman–Crippen LogP) is 4.08. The number of rotatable bonds is 6. The van der Waals surface area contributed by atoms with Crippen molar-refractivity contribution in [2.24, 2.45) is 0 Å². The minimum absolute atomic E-state index is 0.00482. The van der Waals surface area contributed by atoms with Crippen molar-refractivity contribution < 1.29 is 14.5 Å². The van der Waals surface area contributed by atoms with Gasteiger partial charge in [0, 0.05) is 35.3 Å². The number of esters is 1. The number of nitro benzene ring substituents is 1. The summed E-state index contributed by atoms with van der Waals surface area (Å²) in [4.78, 5) is 27.2. The third-order valence-electron chi connectivity index (χ3n) is 5.14. The molecule has 0 fully saturated rings. The number of aryl methyl sites for hydroxylation is 2. The lowest BCUT2D eigenvalue weighted by Crippen LogP contribution is -2.10. The van der Waals surface area contributed by atoms with E-state index in [1.807, 2.05) is 42.6 Å². The van der Waals surface area contributed by atoms with E-state index in [2.05, 4.69) is 5.10 Å². The molecule has 0 aliphatic rings. The second kappa shape index (κ2) is 7.90. The lowest BCUT2D eigenvalue weighted by molar-refractivity contribution is -0.384. The van der Waals surface area contributed by atoms with Gasteiger partial charge >= 0.3 is 5.97 Å². The molecule has 30 heavy (non-hydrogen) atoms. The largest absolute Gasteiger partial charge is 0.461 e. The summed E-state index contributed by atoms with van der Waals surface area (Å²) < 4.78 is 7.14. The van der Waals surface area contributed by atoms with Crippen molar-refractivity contribution in [2.45, 2.75) is 33.3 Å². The molecule has 4 rings (SSSR count). The van der Waals surface area contributed by atoms with Gasteiger partial charge in [0.15, 0.2) is 5.65 Å². The van der Waals surface area contributed by atoms with Gasteiger partial charge in [-0.2, -0.15) is 5.10 Å². The normalized spacial score (nSPS) is 11.1. The first-order chi connectivity index (χ1) is 14.4. The van der Waals surface area contributed by atoms with Gasteiger partial charge in [-0.3, -0.25) is 14.9 Å². The topological polar surface area (TPSA) is 99.6 Å². The molecule has 0 saturated carbocycles. The Balaban J connectivity index is 1.44. The minimum Gasteiger partial charge on any atom is -0.461 e. The fraction of sp³-hybridized carbons (Fsp3) is 0.227. The molecule has 0 amide bonds. The van der Waals surface area contributed by atoms with E-state index in [0.717, 1.165) is 33.5 Å². The van der Waals surface area contributed by atoms with Crippen LogP contribution >= 0.6 is 0 Å². The predicted molar refractivity (Wildman–Crippen MR) is 111 cm³/mol. The summed E-state index contributed by atoms with van der Waals surface area (Å²) in [6.07, 6.45) is 0.707. The van der Waals surface area contributed by atoms with Crippen LogP contribution in [0.15, 0.2) is 48.5 Å². The second-order valence-corrected chi connectivity index (χ2v) is 7.10. The zero-order valence-corrected chi connectivity index (χ0v) is 16.7. The fourth-order valence-electron chi connectivity index (χ4n) is 3.52. The molecule has 0 aliphatic carbocycles. The summed E-state index contributed by atoms with van der Waals surface area (Å²) >= 11 is 0. The zero-order chi connectivity index (χ0) is 21.3. The van der Waals surface area contributed by atoms with Crippen molar-refractivity contribution in [3.8, 4) is 0 Å². The highest BCUT2D eigenvalue weighted by atomic mass is 16.6. The van der Waals surface area contributed by atoms with Gasteiger partial charge in [0.1, 0.15) is 6.61 Å². The lowest BCUT2D eigenvalue weighted by Gasteiger charge is -2.11. The number of hydrogen-bond acceptors (Lipinski definition) is 6. The molecular weight excluding hydrogens is 384 g/mol. The molecule has 0 bridgehead atoms. The van der Waals surface area contributed by atoms with Crippen molar-refractivity contribution >= 4 is 28.2 Å². The van der Waals surface area contributed by atoms with E-state index in [1.165, 1.54) is 12.1 Å². The Morgan fingerprint density at radius 2 is 1.87 bits per heavy atom. The summed E-state index contributed by atoms with van der Waals surface area (Å²) in [5.41, 5.74) is 5.20. The van der Waals surface area contributed by atoms with Crippen molar-refractivity contribution in [3.63, 3.8) is 0 Å². The molecule has 0 spiro atoms. The zero-order valence-electron chi connectivity index (χ0n) is 16.7. The van der Waals surface area contributed by atoms with E-state index in [4.69, 9.17) is 9.72 Å². The third kappa shape index (κ3) is 3.71. The molecule has 2 aromatic heterocycles. The van der Waals surface area contributed by atoms with Crippen LogP contribution in [0.3, 0.4) is 0 Å². The molecule has 0 saturated heterocycles. The quantitative estimate of drug-likeness (QED) is 0.273. The molecule has 2 heterocycles. The highest BCUT2D eigenvalue weighted by Gasteiger charge is 2.15. The van der Waals surface area contributed by atoms with Crippen LogP contribution < -0.4 is 0 Å². The van der Waals surface area contributed by atoms with Gasteiger partial charge in [0.05, 0.1) is 10.4 Å². The van der Waals surface area contributed by atoms with E-state index in [-0.39, 0.29) is 24.7 Å². The van der Waals surface area contributed by atoms with Gasteiger partial charge in [-0.25, -0.2) is 9.50 Å².